The van der Waals surface area contributed by atoms with E-state index in [9.17, 15) is 0 Å². The average molecular weight is 149 g/mol. The number of hydrogen-bond acceptors (Lipinski definition) is 2. The zero-order valence-electron chi connectivity index (χ0n) is 5.19. The highest BCUT2D eigenvalue weighted by atomic mass is 32.1. The molecule has 1 aliphatic heterocycles. The lowest BCUT2D eigenvalue weighted by atomic mass is 10.4. The lowest BCUT2D eigenvalue weighted by molar-refractivity contribution is 1.20. The zero-order valence-corrected chi connectivity index (χ0v) is 6.01. The monoisotopic (exact) mass is 149 g/mol. The molecule has 2 heterocycles. The van der Waals surface area contributed by atoms with Crippen LogP contribution in [0.5, 0.6) is 0 Å². The Bertz CT molecular complexity index is 272. The Balaban J connectivity index is 2.30. The van der Waals surface area contributed by atoms with E-state index in [1.54, 1.807) is 23.7 Å². The third-order valence-corrected chi connectivity index (χ3v) is 2.00. The zero-order chi connectivity index (χ0) is 6.81. The molecule has 1 aromatic rings. The topological polar surface area (TPSA) is 27.0 Å². The number of nitrogens with zero attached hydrogens (tertiary/aromatic N) is 2. The van der Waals surface area contributed by atoms with Gasteiger partial charge in [-0.1, -0.05) is 0 Å². The Kier molecular flexibility index (Phi) is 1.29. The molecule has 0 aromatic carbocycles. The average Bonchev–Trinajstić information content (AvgIpc) is 2.59. The molecule has 49 valence electrons. The first-order valence-corrected chi connectivity index (χ1v) is 3.82. The Hall–Kier alpha value is -1.09. The van der Waals surface area contributed by atoms with Gasteiger partial charge in [-0.2, -0.15) is 0 Å². The van der Waals surface area contributed by atoms with Gasteiger partial charge < -0.3 is 0 Å². The third kappa shape index (κ3) is 0.844. The van der Waals surface area contributed by atoms with Gasteiger partial charge in [-0.15, -0.1) is 11.3 Å². The molecule has 1 aliphatic rings. The van der Waals surface area contributed by atoms with Gasteiger partial charge in [-0.3, -0.25) is 5.32 Å². The Labute approximate surface area is 62.9 Å². The van der Waals surface area contributed by atoms with Crippen LogP contribution in [0.2, 0.25) is 0 Å². The van der Waals surface area contributed by atoms with Crippen LogP contribution >= 0.6 is 11.3 Å². The molecule has 0 saturated carbocycles. The van der Waals surface area contributed by atoms with Crippen LogP contribution < -0.4 is 5.32 Å². The van der Waals surface area contributed by atoms with E-state index in [1.807, 2.05) is 17.5 Å². The van der Waals surface area contributed by atoms with Crippen molar-refractivity contribution in [2.24, 2.45) is 0 Å². The van der Waals surface area contributed by atoms with Gasteiger partial charge in [-0.05, 0) is 12.2 Å². The van der Waals surface area contributed by atoms with Crippen molar-refractivity contribution in [2.75, 3.05) is 0 Å². The fraction of sp³-hybridized carbons (Fsp3) is 0. The van der Waals surface area contributed by atoms with Crippen molar-refractivity contribution >= 4 is 17.0 Å². The number of allylic oxidation sites excluding steroid dienone is 2. The molecule has 0 unspecified atom stereocenters. The smallest absolute Gasteiger partial charge is 0.141 e. The van der Waals surface area contributed by atoms with E-state index in [0.29, 0.717) is 0 Å². The van der Waals surface area contributed by atoms with Gasteiger partial charge in [0, 0.05) is 17.8 Å². The molecule has 0 saturated heterocycles. The standard InChI is InChI=1S/C7H5N2S/c1-2-6(8-3-1)7-9-4-5-10-7/h1-5H. The van der Waals surface area contributed by atoms with Crippen molar-refractivity contribution in [1.29, 1.82) is 0 Å². The lowest BCUT2D eigenvalue weighted by Crippen LogP contribution is -1.89. The van der Waals surface area contributed by atoms with Crippen LogP contribution in [-0.2, 0) is 0 Å². The minimum atomic E-state index is 0.968. The molecule has 2 rings (SSSR count). The second-order valence-corrected chi connectivity index (χ2v) is 2.75. The number of rotatable bonds is 1. The first kappa shape index (κ1) is 5.68. The molecule has 0 amide bonds. The Morgan fingerprint density at radius 1 is 1.40 bits per heavy atom. The van der Waals surface area contributed by atoms with E-state index in [-0.39, 0.29) is 0 Å². The van der Waals surface area contributed by atoms with Gasteiger partial charge in [0.15, 0.2) is 0 Å². The second-order valence-electron chi connectivity index (χ2n) is 1.86. The molecule has 1 aromatic heterocycles. The SMILES string of the molecule is C1=C[N]C(c2nccs2)=C1. The predicted molar refractivity (Wildman–Crippen MR) is 41.4 cm³/mol. The molecule has 0 spiro atoms. The minimum Gasteiger partial charge on any atom is -0.254 e. The molecule has 0 fully saturated rings. The van der Waals surface area contributed by atoms with Crippen molar-refractivity contribution in [3.63, 3.8) is 0 Å². The highest BCUT2D eigenvalue weighted by Gasteiger charge is 2.04. The molecule has 10 heavy (non-hydrogen) atoms. The first-order valence-electron chi connectivity index (χ1n) is 2.94. The number of thiazole rings is 1. The summed E-state index contributed by atoms with van der Waals surface area (Å²) in [7, 11) is 0. The van der Waals surface area contributed by atoms with Crippen molar-refractivity contribution in [3.05, 3.63) is 34.9 Å². The molecule has 1 radical (unpaired) electrons. The summed E-state index contributed by atoms with van der Waals surface area (Å²) in [4.78, 5) is 4.11. The van der Waals surface area contributed by atoms with Gasteiger partial charge in [0.25, 0.3) is 0 Å². The predicted octanol–water partition coefficient (Wildman–Crippen LogP) is 1.62. The van der Waals surface area contributed by atoms with Crippen molar-refractivity contribution in [1.82, 2.24) is 10.3 Å². The van der Waals surface area contributed by atoms with Crippen LogP contribution in [-0.4, -0.2) is 4.98 Å². The van der Waals surface area contributed by atoms with Crippen LogP contribution in [0.3, 0.4) is 0 Å². The Morgan fingerprint density at radius 2 is 2.40 bits per heavy atom. The molecule has 0 N–H and O–H groups in total. The highest BCUT2D eigenvalue weighted by Crippen LogP contribution is 2.17. The summed E-state index contributed by atoms with van der Waals surface area (Å²) in [6, 6.07) is 0. The molecule has 2 nitrogen and oxygen atoms in total. The maximum absolute atomic E-state index is 4.11. The van der Waals surface area contributed by atoms with E-state index >= 15 is 0 Å². The van der Waals surface area contributed by atoms with Crippen molar-refractivity contribution in [2.45, 2.75) is 0 Å². The number of aromatic nitrogens is 1. The van der Waals surface area contributed by atoms with E-state index in [0.717, 1.165) is 10.7 Å². The van der Waals surface area contributed by atoms with Gasteiger partial charge in [0.05, 0.1) is 5.70 Å². The maximum Gasteiger partial charge on any atom is 0.141 e. The summed E-state index contributed by atoms with van der Waals surface area (Å²) >= 11 is 1.61. The Morgan fingerprint density at radius 3 is 3.00 bits per heavy atom. The fourth-order valence-electron chi connectivity index (χ4n) is 0.777. The van der Waals surface area contributed by atoms with Crippen molar-refractivity contribution < 1.29 is 0 Å². The van der Waals surface area contributed by atoms with Gasteiger partial charge in [-0.25, -0.2) is 4.98 Å². The summed E-state index contributed by atoms with van der Waals surface area (Å²) < 4.78 is 0. The molecule has 3 heteroatoms. The number of hydrogen-bond donors (Lipinski definition) is 0. The van der Waals surface area contributed by atoms with Crippen LogP contribution in [0.4, 0.5) is 0 Å². The second kappa shape index (κ2) is 2.27. The van der Waals surface area contributed by atoms with Crippen LogP contribution in [0, 0.1) is 0 Å². The van der Waals surface area contributed by atoms with E-state index < -0.39 is 0 Å². The summed E-state index contributed by atoms with van der Waals surface area (Å²) in [5, 5.41) is 7.05. The lowest BCUT2D eigenvalue weighted by Gasteiger charge is -1.91. The molecular weight excluding hydrogens is 144 g/mol. The van der Waals surface area contributed by atoms with Gasteiger partial charge in [0.2, 0.25) is 0 Å². The minimum absolute atomic E-state index is 0.968. The highest BCUT2D eigenvalue weighted by molar-refractivity contribution is 7.10. The molecule has 0 aliphatic carbocycles. The van der Waals surface area contributed by atoms with E-state index in [1.165, 1.54) is 0 Å². The first-order chi connectivity index (χ1) is 4.97. The summed E-state index contributed by atoms with van der Waals surface area (Å²) in [6.45, 7) is 0. The van der Waals surface area contributed by atoms with Gasteiger partial charge >= 0.3 is 0 Å². The normalized spacial score (nSPS) is 15.0. The molecular formula is C7H5N2S. The molecule has 0 atom stereocenters. The third-order valence-electron chi connectivity index (χ3n) is 1.21. The maximum atomic E-state index is 4.11. The van der Waals surface area contributed by atoms with Gasteiger partial charge in [0.1, 0.15) is 5.01 Å². The quantitative estimate of drug-likeness (QED) is 0.596. The van der Waals surface area contributed by atoms with Crippen molar-refractivity contribution in [3.8, 4) is 0 Å². The summed E-state index contributed by atoms with van der Waals surface area (Å²) in [6.07, 6.45) is 7.43. The summed E-state index contributed by atoms with van der Waals surface area (Å²) in [5.74, 6) is 0. The van der Waals surface area contributed by atoms with E-state index in [2.05, 4.69) is 10.3 Å². The largest absolute Gasteiger partial charge is 0.254 e. The van der Waals surface area contributed by atoms with Crippen LogP contribution in [0.25, 0.3) is 5.70 Å². The molecule has 0 bridgehead atoms. The van der Waals surface area contributed by atoms with E-state index in [4.69, 9.17) is 0 Å². The fourth-order valence-corrected chi connectivity index (χ4v) is 1.39. The van der Waals surface area contributed by atoms with Crippen LogP contribution in [0.1, 0.15) is 5.01 Å². The summed E-state index contributed by atoms with van der Waals surface area (Å²) in [5.41, 5.74) is 0.968. The van der Waals surface area contributed by atoms with Crippen LogP contribution in [0.15, 0.2) is 29.9 Å².